The van der Waals surface area contributed by atoms with Crippen LogP contribution < -0.4 is 10.1 Å². The lowest BCUT2D eigenvalue weighted by Crippen LogP contribution is -2.11. The maximum absolute atomic E-state index is 11.8. The van der Waals surface area contributed by atoms with Crippen LogP contribution in [0.25, 0.3) is 10.2 Å². The molecule has 6 nitrogen and oxygen atoms in total. The molecule has 0 unspecified atom stereocenters. The Morgan fingerprint density at radius 1 is 1.42 bits per heavy atom. The smallest absolute Gasteiger partial charge is 0.278 e. The van der Waals surface area contributed by atoms with Crippen molar-refractivity contribution in [3.8, 4) is 5.75 Å². The van der Waals surface area contributed by atoms with Crippen LogP contribution in [0.5, 0.6) is 5.75 Å². The van der Waals surface area contributed by atoms with Crippen molar-refractivity contribution in [2.75, 3.05) is 12.4 Å². The van der Waals surface area contributed by atoms with E-state index in [-0.39, 0.29) is 5.91 Å². The first kappa shape index (κ1) is 12.0. The van der Waals surface area contributed by atoms with Crippen molar-refractivity contribution in [3.05, 3.63) is 29.3 Å². The average molecular weight is 292 g/mol. The lowest BCUT2D eigenvalue weighted by molar-refractivity contribution is 0.102. The van der Waals surface area contributed by atoms with Crippen molar-refractivity contribution in [2.45, 2.75) is 0 Å². The monoisotopic (exact) mass is 292 g/mol. The zero-order chi connectivity index (χ0) is 13.2. The first-order chi connectivity index (χ1) is 9.26. The van der Waals surface area contributed by atoms with E-state index in [4.69, 9.17) is 4.74 Å². The number of carbonyl (C=O) groups excluding carboxylic acids is 1. The van der Waals surface area contributed by atoms with Gasteiger partial charge in [-0.2, -0.15) is 0 Å². The largest absolute Gasteiger partial charge is 0.497 e. The van der Waals surface area contributed by atoms with E-state index in [0.29, 0.717) is 10.8 Å². The molecule has 0 aliphatic rings. The lowest BCUT2D eigenvalue weighted by Gasteiger charge is -1.96. The molecule has 3 aromatic rings. The second kappa shape index (κ2) is 4.90. The van der Waals surface area contributed by atoms with Gasteiger partial charge in [0, 0.05) is 5.38 Å². The van der Waals surface area contributed by atoms with E-state index < -0.39 is 0 Å². The van der Waals surface area contributed by atoms with Crippen molar-refractivity contribution in [2.24, 2.45) is 0 Å². The molecule has 19 heavy (non-hydrogen) atoms. The van der Waals surface area contributed by atoms with Gasteiger partial charge < -0.3 is 4.74 Å². The Kier molecular flexibility index (Phi) is 3.10. The molecule has 0 spiro atoms. The minimum Gasteiger partial charge on any atom is -0.497 e. The molecule has 0 fully saturated rings. The van der Waals surface area contributed by atoms with E-state index in [0.717, 1.165) is 27.5 Å². The topological polar surface area (TPSA) is 77.0 Å². The molecule has 3 rings (SSSR count). The molecule has 0 aliphatic carbocycles. The van der Waals surface area contributed by atoms with Gasteiger partial charge >= 0.3 is 0 Å². The molecular weight excluding hydrogens is 284 g/mol. The summed E-state index contributed by atoms with van der Waals surface area (Å²) in [6.45, 7) is 0. The van der Waals surface area contributed by atoms with Gasteiger partial charge in [-0.15, -0.1) is 5.10 Å². The van der Waals surface area contributed by atoms with Gasteiger partial charge in [0.25, 0.3) is 5.91 Å². The number of anilines is 1. The van der Waals surface area contributed by atoms with Crippen LogP contribution in [0.1, 0.15) is 10.5 Å². The number of thiazole rings is 1. The molecule has 1 N–H and O–H groups in total. The number of ether oxygens (including phenoxy) is 1. The van der Waals surface area contributed by atoms with E-state index in [2.05, 4.69) is 19.9 Å². The molecule has 96 valence electrons. The number of amides is 1. The molecule has 2 heterocycles. The number of hydrogen-bond acceptors (Lipinski definition) is 7. The van der Waals surface area contributed by atoms with Gasteiger partial charge in [0.1, 0.15) is 5.75 Å². The summed E-state index contributed by atoms with van der Waals surface area (Å²) in [6, 6.07) is 5.57. The minimum absolute atomic E-state index is 0.293. The number of rotatable bonds is 3. The van der Waals surface area contributed by atoms with Gasteiger partial charge in [-0.3, -0.25) is 10.1 Å². The molecule has 0 aliphatic heterocycles. The van der Waals surface area contributed by atoms with Crippen LogP contribution in [0, 0.1) is 0 Å². The van der Waals surface area contributed by atoms with Crippen molar-refractivity contribution in [1.82, 2.24) is 14.6 Å². The van der Waals surface area contributed by atoms with Gasteiger partial charge in [0.05, 0.1) is 17.3 Å². The predicted molar refractivity (Wildman–Crippen MR) is 74.0 cm³/mol. The Morgan fingerprint density at radius 3 is 3.05 bits per heavy atom. The second-order valence-electron chi connectivity index (χ2n) is 3.60. The summed E-state index contributed by atoms with van der Waals surface area (Å²) in [6.07, 6.45) is 0. The number of nitrogens with zero attached hydrogens (tertiary/aromatic N) is 3. The zero-order valence-electron chi connectivity index (χ0n) is 9.78. The normalized spacial score (nSPS) is 10.6. The lowest BCUT2D eigenvalue weighted by atomic mass is 10.3. The van der Waals surface area contributed by atoms with E-state index >= 15 is 0 Å². The van der Waals surface area contributed by atoms with Crippen LogP contribution in [0.15, 0.2) is 23.6 Å². The standard InChI is InChI=1S/C11H8N4O2S2/c1-17-6-2-3-7-9(4-6)19-11(12-7)13-10(16)8-5-18-15-14-8/h2-5H,1H3,(H,12,13,16). The number of hydrogen-bond donors (Lipinski definition) is 1. The molecule has 0 bridgehead atoms. The van der Waals surface area contributed by atoms with Crippen LogP contribution in [0.2, 0.25) is 0 Å². The maximum atomic E-state index is 11.8. The van der Waals surface area contributed by atoms with E-state index in [1.165, 1.54) is 11.3 Å². The van der Waals surface area contributed by atoms with E-state index in [1.807, 2.05) is 18.2 Å². The maximum Gasteiger partial charge on any atom is 0.278 e. The molecule has 1 amide bonds. The quantitative estimate of drug-likeness (QED) is 0.802. The molecular formula is C11H8N4O2S2. The highest BCUT2D eigenvalue weighted by Gasteiger charge is 2.12. The molecule has 2 aromatic heterocycles. The van der Waals surface area contributed by atoms with Crippen LogP contribution in [0.4, 0.5) is 5.13 Å². The summed E-state index contributed by atoms with van der Waals surface area (Å²) in [5, 5.41) is 8.53. The molecule has 8 heteroatoms. The Morgan fingerprint density at radius 2 is 2.32 bits per heavy atom. The van der Waals surface area contributed by atoms with Crippen molar-refractivity contribution < 1.29 is 9.53 Å². The van der Waals surface area contributed by atoms with Gasteiger partial charge in [-0.1, -0.05) is 15.8 Å². The molecule has 0 radical (unpaired) electrons. The van der Waals surface area contributed by atoms with Crippen LogP contribution in [-0.2, 0) is 0 Å². The van der Waals surface area contributed by atoms with Crippen LogP contribution in [0.3, 0.4) is 0 Å². The molecule has 0 saturated heterocycles. The fourth-order valence-corrected chi connectivity index (χ4v) is 2.84. The first-order valence-electron chi connectivity index (χ1n) is 5.29. The van der Waals surface area contributed by atoms with Crippen molar-refractivity contribution >= 4 is 44.1 Å². The van der Waals surface area contributed by atoms with Crippen molar-refractivity contribution in [3.63, 3.8) is 0 Å². The average Bonchev–Trinajstić information content (AvgIpc) is 3.06. The zero-order valence-corrected chi connectivity index (χ0v) is 11.4. The summed E-state index contributed by atoms with van der Waals surface area (Å²) >= 11 is 2.52. The number of carbonyl (C=O) groups is 1. The number of nitrogens with one attached hydrogen (secondary N) is 1. The predicted octanol–water partition coefficient (Wildman–Crippen LogP) is 2.41. The Hall–Kier alpha value is -2.06. The third kappa shape index (κ3) is 2.40. The van der Waals surface area contributed by atoms with Gasteiger partial charge in [0.2, 0.25) is 0 Å². The summed E-state index contributed by atoms with van der Waals surface area (Å²) in [7, 11) is 1.61. The molecule has 1 aromatic carbocycles. The van der Waals surface area contributed by atoms with Gasteiger partial charge in [-0.05, 0) is 29.7 Å². The summed E-state index contributed by atoms with van der Waals surface area (Å²) < 4.78 is 9.74. The number of benzene rings is 1. The molecule has 0 atom stereocenters. The Bertz CT molecular complexity index is 723. The van der Waals surface area contributed by atoms with Crippen LogP contribution >= 0.6 is 22.9 Å². The van der Waals surface area contributed by atoms with Gasteiger partial charge in [-0.25, -0.2) is 4.98 Å². The van der Waals surface area contributed by atoms with E-state index in [1.54, 1.807) is 12.5 Å². The second-order valence-corrected chi connectivity index (χ2v) is 5.24. The summed E-state index contributed by atoms with van der Waals surface area (Å²) in [5.41, 5.74) is 1.11. The first-order valence-corrected chi connectivity index (χ1v) is 6.94. The third-order valence-corrected chi connectivity index (χ3v) is 3.85. The fourth-order valence-electron chi connectivity index (χ4n) is 1.51. The number of aromatic nitrogens is 3. The third-order valence-electron chi connectivity index (χ3n) is 2.41. The van der Waals surface area contributed by atoms with Crippen LogP contribution in [-0.4, -0.2) is 27.6 Å². The highest BCUT2D eigenvalue weighted by molar-refractivity contribution is 7.22. The van der Waals surface area contributed by atoms with Crippen molar-refractivity contribution in [1.29, 1.82) is 0 Å². The minimum atomic E-state index is -0.306. The SMILES string of the molecule is COc1ccc2nc(NC(=O)c3csnn3)sc2c1. The Balaban J connectivity index is 1.87. The Labute approximate surface area is 116 Å². The summed E-state index contributed by atoms with van der Waals surface area (Å²) in [4.78, 5) is 16.1. The number of methoxy groups -OCH3 is 1. The van der Waals surface area contributed by atoms with Gasteiger partial charge in [0.15, 0.2) is 10.8 Å². The highest BCUT2D eigenvalue weighted by atomic mass is 32.1. The number of fused-ring (bicyclic) bond motifs is 1. The molecule has 0 saturated carbocycles. The summed E-state index contributed by atoms with van der Waals surface area (Å²) in [5.74, 6) is 0.456. The van der Waals surface area contributed by atoms with E-state index in [9.17, 15) is 4.79 Å². The fraction of sp³-hybridized carbons (Fsp3) is 0.0909. The highest BCUT2D eigenvalue weighted by Crippen LogP contribution is 2.29.